The maximum Gasteiger partial charge on any atom is 0.192 e. The molecule has 1 unspecified atom stereocenters. The van der Waals surface area contributed by atoms with Crippen LogP contribution in [0, 0.1) is 0 Å². The van der Waals surface area contributed by atoms with Gasteiger partial charge < -0.3 is 14.6 Å². The first-order valence-corrected chi connectivity index (χ1v) is 15.5. The van der Waals surface area contributed by atoms with Crippen LogP contribution in [0.2, 0.25) is 43.8 Å². The van der Waals surface area contributed by atoms with E-state index in [0.29, 0.717) is 0 Å². The Morgan fingerprint density at radius 3 is 2.22 bits per heavy atom. The van der Waals surface area contributed by atoms with E-state index in [1.807, 2.05) is 6.08 Å². The van der Waals surface area contributed by atoms with E-state index in [4.69, 9.17) is 4.43 Å². The van der Waals surface area contributed by atoms with Crippen molar-refractivity contribution in [2.75, 3.05) is 6.61 Å². The molecule has 0 heterocycles. The Kier molecular flexibility index (Phi) is 6.53. The van der Waals surface area contributed by atoms with Crippen molar-refractivity contribution in [3.63, 3.8) is 0 Å². The van der Waals surface area contributed by atoms with Crippen molar-refractivity contribution in [3.8, 4) is 0 Å². The highest BCUT2D eigenvalue weighted by molar-refractivity contribution is 6.76. The second-order valence-electron chi connectivity index (χ2n) is 9.92. The van der Waals surface area contributed by atoms with Crippen molar-refractivity contribution in [1.29, 1.82) is 0 Å². The summed E-state index contributed by atoms with van der Waals surface area (Å²) >= 11 is 0. The standard InChI is InChI=1S/C18H38O3Si2/c1-17(2,3)23(7,8)21-16-9-11-18(20,14-22(4,5)6)15(13-16)10-12-19/h10,16,19-20H,9,11-14H2,1-8H3/b15-10-/t16-,18?/m0/s1. The van der Waals surface area contributed by atoms with Crippen molar-refractivity contribution >= 4 is 16.4 Å². The van der Waals surface area contributed by atoms with Gasteiger partial charge in [-0.2, -0.15) is 0 Å². The third-order valence-corrected chi connectivity index (χ3v) is 11.5. The van der Waals surface area contributed by atoms with E-state index >= 15 is 0 Å². The van der Waals surface area contributed by atoms with Gasteiger partial charge in [0, 0.05) is 14.2 Å². The van der Waals surface area contributed by atoms with E-state index in [1.165, 1.54) is 0 Å². The first-order valence-electron chi connectivity index (χ1n) is 8.91. The van der Waals surface area contributed by atoms with Gasteiger partial charge in [0.05, 0.1) is 12.2 Å². The Bertz CT molecular complexity index is 433. The zero-order chi connectivity index (χ0) is 18.1. The Hall–Kier alpha value is 0.0538. The van der Waals surface area contributed by atoms with E-state index in [-0.39, 0.29) is 17.7 Å². The van der Waals surface area contributed by atoms with Crippen LogP contribution in [0.3, 0.4) is 0 Å². The van der Waals surface area contributed by atoms with Crippen molar-refractivity contribution < 1.29 is 14.6 Å². The fourth-order valence-corrected chi connectivity index (χ4v) is 6.80. The molecule has 0 amide bonds. The average molecular weight is 359 g/mol. The minimum Gasteiger partial charge on any atom is -0.414 e. The molecule has 1 aliphatic rings. The summed E-state index contributed by atoms with van der Waals surface area (Å²) < 4.78 is 6.56. The lowest BCUT2D eigenvalue weighted by atomic mass is 9.80. The van der Waals surface area contributed by atoms with Gasteiger partial charge in [-0.1, -0.05) is 46.5 Å². The van der Waals surface area contributed by atoms with Crippen LogP contribution in [-0.2, 0) is 4.43 Å². The Morgan fingerprint density at radius 2 is 1.78 bits per heavy atom. The van der Waals surface area contributed by atoms with Gasteiger partial charge >= 0.3 is 0 Å². The largest absolute Gasteiger partial charge is 0.414 e. The Morgan fingerprint density at radius 1 is 1.22 bits per heavy atom. The van der Waals surface area contributed by atoms with Gasteiger partial charge in [0.2, 0.25) is 0 Å². The summed E-state index contributed by atoms with van der Waals surface area (Å²) in [6, 6.07) is 0.860. The summed E-state index contributed by atoms with van der Waals surface area (Å²) in [5, 5.41) is 20.8. The van der Waals surface area contributed by atoms with Gasteiger partial charge in [0.1, 0.15) is 0 Å². The van der Waals surface area contributed by atoms with E-state index in [1.54, 1.807) is 0 Å². The molecule has 0 aliphatic heterocycles. The lowest BCUT2D eigenvalue weighted by Gasteiger charge is -2.45. The van der Waals surface area contributed by atoms with Crippen LogP contribution in [0.1, 0.15) is 40.0 Å². The molecule has 1 rings (SSSR count). The highest BCUT2D eigenvalue weighted by atomic mass is 28.4. The third-order valence-electron chi connectivity index (χ3n) is 5.35. The van der Waals surface area contributed by atoms with Crippen LogP contribution in [0.5, 0.6) is 0 Å². The second-order valence-corrected chi connectivity index (χ2v) is 20.2. The lowest BCUT2D eigenvalue weighted by molar-refractivity contribution is 0.0302. The lowest BCUT2D eigenvalue weighted by Crippen LogP contribution is -2.49. The van der Waals surface area contributed by atoms with Gasteiger partial charge in [0.15, 0.2) is 8.32 Å². The van der Waals surface area contributed by atoms with E-state index in [2.05, 4.69) is 53.5 Å². The smallest absolute Gasteiger partial charge is 0.192 e. The van der Waals surface area contributed by atoms with E-state index < -0.39 is 22.0 Å². The highest BCUT2D eigenvalue weighted by Gasteiger charge is 2.44. The molecule has 23 heavy (non-hydrogen) atoms. The zero-order valence-corrected chi connectivity index (χ0v) is 18.5. The molecular weight excluding hydrogens is 320 g/mol. The predicted octanol–water partition coefficient (Wildman–Crippen LogP) is 4.55. The van der Waals surface area contributed by atoms with Gasteiger partial charge in [-0.05, 0) is 49.0 Å². The number of rotatable bonds is 5. The molecule has 5 heteroatoms. The van der Waals surface area contributed by atoms with Gasteiger partial charge in [-0.3, -0.25) is 0 Å². The van der Waals surface area contributed by atoms with Crippen molar-refractivity contribution in [1.82, 2.24) is 0 Å². The number of aliphatic hydroxyl groups is 2. The van der Waals surface area contributed by atoms with Crippen molar-refractivity contribution in [3.05, 3.63) is 11.6 Å². The van der Waals surface area contributed by atoms with Crippen molar-refractivity contribution in [2.24, 2.45) is 0 Å². The monoisotopic (exact) mass is 358 g/mol. The molecule has 2 atom stereocenters. The SMILES string of the molecule is CC(C)(C)[Si](C)(C)O[C@H]1CCC(O)(C[Si](C)(C)C)/C(=C\CO)C1. The topological polar surface area (TPSA) is 49.7 Å². The third kappa shape index (κ3) is 5.81. The van der Waals surface area contributed by atoms with Gasteiger partial charge in [0.25, 0.3) is 0 Å². The summed E-state index contributed by atoms with van der Waals surface area (Å²) in [4.78, 5) is 0. The molecule has 0 spiro atoms. The van der Waals surface area contributed by atoms with Crippen LogP contribution in [0.4, 0.5) is 0 Å². The summed E-state index contributed by atoms with van der Waals surface area (Å²) in [5.74, 6) is 0. The number of hydrogen-bond donors (Lipinski definition) is 2. The summed E-state index contributed by atoms with van der Waals surface area (Å²) in [7, 11) is -3.19. The fraction of sp³-hybridized carbons (Fsp3) is 0.889. The van der Waals surface area contributed by atoms with Crippen LogP contribution in [0.25, 0.3) is 0 Å². The highest BCUT2D eigenvalue weighted by Crippen LogP contribution is 2.44. The molecule has 1 fully saturated rings. The first kappa shape index (κ1) is 21.1. The van der Waals surface area contributed by atoms with Gasteiger partial charge in [-0.25, -0.2) is 0 Å². The first-order chi connectivity index (χ1) is 10.2. The molecule has 0 saturated heterocycles. The molecule has 0 aromatic carbocycles. The number of aliphatic hydroxyl groups excluding tert-OH is 1. The average Bonchev–Trinajstić information content (AvgIpc) is 2.30. The van der Waals surface area contributed by atoms with Crippen molar-refractivity contribution in [2.45, 2.75) is 95.6 Å². The minimum absolute atomic E-state index is 0.00382. The molecule has 3 nitrogen and oxygen atoms in total. The van der Waals surface area contributed by atoms with E-state index in [0.717, 1.165) is 30.9 Å². The quantitative estimate of drug-likeness (QED) is 0.560. The fourth-order valence-electron chi connectivity index (χ4n) is 3.25. The normalized spacial score (nSPS) is 29.1. The van der Waals surface area contributed by atoms with E-state index in [9.17, 15) is 10.2 Å². The second kappa shape index (κ2) is 7.12. The molecule has 2 N–H and O–H groups in total. The minimum atomic E-state index is -1.80. The Balaban J connectivity index is 2.90. The van der Waals surface area contributed by atoms with Crippen LogP contribution in [0.15, 0.2) is 11.6 Å². The van der Waals surface area contributed by atoms with Crippen LogP contribution in [-0.4, -0.2) is 44.9 Å². The molecule has 0 radical (unpaired) electrons. The maximum absolute atomic E-state index is 11.2. The van der Waals surface area contributed by atoms with Crippen LogP contribution < -0.4 is 0 Å². The molecular formula is C18H38O3Si2. The summed E-state index contributed by atoms with van der Waals surface area (Å²) in [6.07, 6.45) is 4.42. The molecule has 136 valence electrons. The molecule has 0 aromatic heterocycles. The predicted molar refractivity (Wildman–Crippen MR) is 104 cm³/mol. The Labute approximate surface area is 145 Å². The zero-order valence-electron chi connectivity index (χ0n) is 16.5. The molecule has 0 aromatic rings. The number of hydrogen-bond acceptors (Lipinski definition) is 3. The molecule has 1 aliphatic carbocycles. The summed E-state index contributed by atoms with van der Waals surface area (Å²) in [6.45, 7) is 18.2. The molecule has 0 bridgehead atoms. The summed E-state index contributed by atoms with van der Waals surface area (Å²) in [5.41, 5.74) is 0.262. The molecule has 1 saturated carbocycles. The van der Waals surface area contributed by atoms with Gasteiger partial charge in [-0.15, -0.1) is 0 Å². The maximum atomic E-state index is 11.2. The van der Waals surface area contributed by atoms with Crippen LogP contribution >= 0.6 is 0 Å².